The summed E-state index contributed by atoms with van der Waals surface area (Å²) in [5.41, 5.74) is 4.71. The van der Waals surface area contributed by atoms with Crippen molar-refractivity contribution in [3.8, 4) is 0 Å². The fourth-order valence-corrected chi connectivity index (χ4v) is 2.18. The molecule has 5 heteroatoms. The monoisotopic (exact) mass is 281 g/mol. The van der Waals surface area contributed by atoms with Crippen molar-refractivity contribution < 1.29 is 9.21 Å². The predicted molar refractivity (Wildman–Crippen MR) is 81.1 cm³/mol. The number of aryl methyl sites for hydroxylation is 1. The fourth-order valence-electron chi connectivity index (χ4n) is 2.18. The molecular formula is C16H15N3O2. The number of fused-ring (bicyclic) bond motifs is 1. The van der Waals surface area contributed by atoms with Crippen molar-refractivity contribution in [3.05, 3.63) is 60.2 Å². The average molecular weight is 281 g/mol. The number of benzene rings is 1. The highest BCUT2D eigenvalue weighted by atomic mass is 16.3. The lowest BCUT2D eigenvalue weighted by Gasteiger charge is -1.99. The predicted octanol–water partition coefficient (Wildman–Crippen LogP) is 2.84. The zero-order valence-corrected chi connectivity index (χ0v) is 11.4. The molecule has 0 atom stereocenters. The van der Waals surface area contributed by atoms with Crippen molar-refractivity contribution in [2.75, 3.05) is 0 Å². The van der Waals surface area contributed by atoms with Crippen molar-refractivity contribution in [3.63, 3.8) is 0 Å². The van der Waals surface area contributed by atoms with Gasteiger partial charge >= 0.3 is 0 Å². The number of hydrazone groups is 1. The van der Waals surface area contributed by atoms with E-state index in [0.717, 1.165) is 16.5 Å². The number of aromatic amines is 1. The van der Waals surface area contributed by atoms with E-state index in [1.165, 1.54) is 6.21 Å². The number of rotatable bonds is 5. The minimum Gasteiger partial charge on any atom is -0.463 e. The number of H-pyrrole nitrogens is 1. The maximum absolute atomic E-state index is 11.7. The molecule has 3 aromatic rings. The van der Waals surface area contributed by atoms with Crippen molar-refractivity contribution in [1.82, 2.24) is 10.4 Å². The van der Waals surface area contributed by atoms with E-state index in [4.69, 9.17) is 4.42 Å². The molecule has 2 heterocycles. The van der Waals surface area contributed by atoms with Crippen LogP contribution in [-0.2, 0) is 11.2 Å². The molecule has 0 radical (unpaired) electrons. The van der Waals surface area contributed by atoms with Gasteiger partial charge in [0, 0.05) is 23.5 Å². The molecule has 21 heavy (non-hydrogen) atoms. The number of hydrogen-bond donors (Lipinski definition) is 2. The first-order valence-electron chi connectivity index (χ1n) is 6.73. The fraction of sp³-hybridized carbons (Fsp3) is 0.125. The molecule has 0 aliphatic rings. The van der Waals surface area contributed by atoms with E-state index in [1.54, 1.807) is 18.4 Å². The Morgan fingerprint density at radius 3 is 3.05 bits per heavy atom. The van der Waals surface area contributed by atoms with Crippen LogP contribution in [0.4, 0.5) is 0 Å². The second kappa shape index (κ2) is 6.09. The van der Waals surface area contributed by atoms with Gasteiger partial charge in [-0.15, -0.1) is 0 Å². The van der Waals surface area contributed by atoms with Gasteiger partial charge in [0.25, 0.3) is 0 Å². The summed E-state index contributed by atoms with van der Waals surface area (Å²) in [6.07, 6.45) is 6.04. The molecule has 2 aromatic heterocycles. The SMILES string of the molecule is O=C(CCc1c[nH]c2ccccc12)NN=Cc1ccco1. The van der Waals surface area contributed by atoms with Crippen LogP contribution in [0.5, 0.6) is 0 Å². The zero-order valence-electron chi connectivity index (χ0n) is 11.4. The average Bonchev–Trinajstić information content (AvgIpc) is 3.14. The molecule has 0 bridgehead atoms. The third-order valence-corrected chi connectivity index (χ3v) is 3.22. The summed E-state index contributed by atoms with van der Waals surface area (Å²) in [6, 6.07) is 11.6. The van der Waals surface area contributed by atoms with Crippen LogP contribution in [0.25, 0.3) is 10.9 Å². The van der Waals surface area contributed by atoms with Crippen molar-refractivity contribution in [1.29, 1.82) is 0 Å². The molecule has 0 saturated heterocycles. The molecule has 2 N–H and O–H groups in total. The number of nitrogens with zero attached hydrogens (tertiary/aromatic N) is 1. The summed E-state index contributed by atoms with van der Waals surface area (Å²) in [4.78, 5) is 14.9. The van der Waals surface area contributed by atoms with Gasteiger partial charge in [0.15, 0.2) is 0 Å². The largest absolute Gasteiger partial charge is 0.463 e. The van der Waals surface area contributed by atoms with Crippen molar-refractivity contribution in [2.45, 2.75) is 12.8 Å². The number of amides is 1. The molecule has 0 fully saturated rings. The third kappa shape index (κ3) is 3.20. The second-order valence-corrected chi connectivity index (χ2v) is 4.67. The van der Waals surface area contributed by atoms with E-state index in [-0.39, 0.29) is 5.91 Å². The van der Waals surface area contributed by atoms with Gasteiger partial charge in [0.05, 0.1) is 12.5 Å². The van der Waals surface area contributed by atoms with Gasteiger partial charge in [0.2, 0.25) is 5.91 Å². The molecule has 1 aromatic carbocycles. The molecule has 0 aliphatic carbocycles. The van der Waals surface area contributed by atoms with Crippen LogP contribution in [0.15, 0.2) is 58.4 Å². The molecule has 0 spiro atoms. The molecule has 0 saturated carbocycles. The Morgan fingerprint density at radius 2 is 2.19 bits per heavy atom. The lowest BCUT2D eigenvalue weighted by atomic mass is 10.1. The lowest BCUT2D eigenvalue weighted by Crippen LogP contribution is -2.17. The zero-order chi connectivity index (χ0) is 14.5. The molecule has 5 nitrogen and oxygen atoms in total. The van der Waals surface area contributed by atoms with Gasteiger partial charge in [-0.25, -0.2) is 5.43 Å². The quantitative estimate of drug-likeness (QED) is 0.557. The Hall–Kier alpha value is -2.82. The number of nitrogens with one attached hydrogen (secondary N) is 2. The molecular weight excluding hydrogens is 266 g/mol. The Morgan fingerprint density at radius 1 is 1.29 bits per heavy atom. The number of carbonyl (C=O) groups excluding carboxylic acids is 1. The Balaban J connectivity index is 1.54. The van der Waals surface area contributed by atoms with Crippen LogP contribution in [0.2, 0.25) is 0 Å². The number of hydrogen-bond acceptors (Lipinski definition) is 3. The number of carbonyl (C=O) groups is 1. The summed E-state index contributed by atoms with van der Waals surface area (Å²) in [6.45, 7) is 0. The Bertz CT molecular complexity index is 757. The van der Waals surface area contributed by atoms with Crippen LogP contribution < -0.4 is 5.43 Å². The second-order valence-electron chi connectivity index (χ2n) is 4.67. The smallest absolute Gasteiger partial charge is 0.240 e. The first-order valence-corrected chi connectivity index (χ1v) is 6.73. The minimum absolute atomic E-state index is 0.122. The van der Waals surface area contributed by atoms with Crippen LogP contribution in [0.1, 0.15) is 17.7 Å². The van der Waals surface area contributed by atoms with Gasteiger partial charge in [-0.2, -0.15) is 5.10 Å². The van der Waals surface area contributed by atoms with Gasteiger partial charge < -0.3 is 9.40 Å². The van der Waals surface area contributed by atoms with Gasteiger partial charge in [-0.05, 0) is 30.2 Å². The van der Waals surface area contributed by atoms with Crippen LogP contribution in [0, 0.1) is 0 Å². The highest BCUT2D eigenvalue weighted by molar-refractivity contribution is 5.84. The molecule has 106 valence electrons. The van der Waals surface area contributed by atoms with Crippen LogP contribution in [0.3, 0.4) is 0 Å². The topological polar surface area (TPSA) is 70.4 Å². The summed E-state index contributed by atoms with van der Waals surface area (Å²) < 4.78 is 5.08. The van der Waals surface area contributed by atoms with E-state index < -0.39 is 0 Å². The lowest BCUT2D eigenvalue weighted by molar-refractivity contribution is -0.121. The maximum atomic E-state index is 11.7. The van der Waals surface area contributed by atoms with Crippen molar-refractivity contribution in [2.24, 2.45) is 5.10 Å². The van der Waals surface area contributed by atoms with Crippen LogP contribution >= 0.6 is 0 Å². The maximum Gasteiger partial charge on any atom is 0.240 e. The number of aromatic nitrogens is 1. The van der Waals surface area contributed by atoms with E-state index in [1.807, 2.05) is 30.5 Å². The Kier molecular flexibility index (Phi) is 3.82. The normalized spacial score (nSPS) is 11.2. The first-order chi connectivity index (χ1) is 10.3. The van der Waals surface area contributed by atoms with E-state index in [2.05, 4.69) is 15.5 Å². The van der Waals surface area contributed by atoms with E-state index in [0.29, 0.717) is 18.6 Å². The molecule has 3 rings (SSSR count). The Labute approximate surface area is 121 Å². The molecule has 0 aliphatic heterocycles. The van der Waals surface area contributed by atoms with Crippen LogP contribution in [-0.4, -0.2) is 17.1 Å². The third-order valence-electron chi connectivity index (χ3n) is 3.22. The summed E-state index contributed by atoms with van der Waals surface area (Å²) in [5.74, 6) is 0.481. The van der Waals surface area contributed by atoms with E-state index in [9.17, 15) is 4.79 Å². The highest BCUT2D eigenvalue weighted by Gasteiger charge is 2.05. The number of furan rings is 1. The van der Waals surface area contributed by atoms with E-state index >= 15 is 0 Å². The summed E-state index contributed by atoms with van der Waals surface area (Å²) in [5, 5.41) is 5.01. The number of para-hydroxylation sites is 1. The minimum atomic E-state index is -0.122. The van der Waals surface area contributed by atoms with Gasteiger partial charge in [-0.3, -0.25) is 4.79 Å². The van der Waals surface area contributed by atoms with Crippen molar-refractivity contribution >= 4 is 23.0 Å². The highest BCUT2D eigenvalue weighted by Crippen LogP contribution is 2.18. The summed E-state index contributed by atoms with van der Waals surface area (Å²) >= 11 is 0. The molecule has 1 amide bonds. The first kappa shape index (κ1) is 13.2. The standard InChI is InChI=1S/C16H15N3O2/c20-16(19-18-11-13-4-3-9-21-13)8-7-12-10-17-15-6-2-1-5-14(12)15/h1-6,9-11,17H,7-8H2,(H,19,20). The summed E-state index contributed by atoms with van der Waals surface area (Å²) in [7, 11) is 0. The molecule has 0 unspecified atom stereocenters. The van der Waals surface area contributed by atoms with Gasteiger partial charge in [-0.1, -0.05) is 18.2 Å². The van der Waals surface area contributed by atoms with Gasteiger partial charge in [0.1, 0.15) is 5.76 Å².